The summed E-state index contributed by atoms with van der Waals surface area (Å²) < 4.78 is 21.7. The van der Waals surface area contributed by atoms with E-state index in [4.69, 9.17) is 16.3 Å². The molecule has 1 aliphatic rings. The molecular formula is C27H26ClFN4O3. The van der Waals surface area contributed by atoms with Gasteiger partial charge in [0, 0.05) is 22.7 Å². The van der Waals surface area contributed by atoms with Gasteiger partial charge in [0.25, 0.3) is 5.56 Å². The van der Waals surface area contributed by atoms with E-state index in [-0.39, 0.29) is 12.0 Å². The molecule has 9 heteroatoms. The summed E-state index contributed by atoms with van der Waals surface area (Å²) in [6.45, 7) is 2.94. The first-order valence-corrected chi connectivity index (χ1v) is 11.9. The highest BCUT2D eigenvalue weighted by Crippen LogP contribution is 2.53. The largest absolute Gasteiger partial charge is 0.495 e. The van der Waals surface area contributed by atoms with Crippen molar-refractivity contribution in [2.24, 2.45) is 0 Å². The van der Waals surface area contributed by atoms with Gasteiger partial charge < -0.3 is 15.2 Å². The first-order chi connectivity index (χ1) is 17.2. The molecule has 0 spiro atoms. The van der Waals surface area contributed by atoms with Crippen LogP contribution in [0.15, 0.2) is 66.0 Å². The molecule has 2 unspecified atom stereocenters. The molecule has 0 radical (unpaired) electrons. The van der Waals surface area contributed by atoms with E-state index in [0.29, 0.717) is 33.2 Å². The number of halogens is 2. The molecule has 0 saturated carbocycles. The number of pyridine rings is 1. The molecule has 5 rings (SSSR count). The summed E-state index contributed by atoms with van der Waals surface area (Å²) in [7, 11) is 1.55. The molecule has 2 atom stereocenters. The van der Waals surface area contributed by atoms with E-state index in [1.165, 1.54) is 17.0 Å². The predicted octanol–water partition coefficient (Wildman–Crippen LogP) is 4.98. The molecule has 0 bridgehead atoms. The second-order valence-corrected chi connectivity index (χ2v) is 10.2. The third-order valence-electron chi connectivity index (χ3n) is 6.89. The van der Waals surface area contributed by atoms with Gasteiger partial charge in [-0.25, -0.2) is 14.4 Å². The number of aromatic nitrogens is 3. The van der Waals surface area contributed by atoms with Crippen LogP contribution in [0, 0.1) is 0 Å². The zero-order chi connectivity index (χ0) is 25.7. The number of nitrogens with zero attached hydrogens (tertiary/aromatic N) is 3. The van der Waals surface area contributed by atoms with Crippen molar-refractivity contribution < 1.29 is 14.2 Å². The van der Waals surface area contributed by atoms with Gasteiger partial charge in [0.05, 0.1) is 41.8 Å². The first kappa shape index (κ1) is 24.2. The number of alkyl halides is 1. The predicted molar refractivity (Wildman–Crippen MR) is 138 cm³/mol. The van der Waals surface area contributed by atoms with E-state index >= 15 is 0 Å². The van der Waals surface area contributed by atoms with Crippen molar-refractivity contribution in [3.05, 3.63) is 87.7 Å². The Kier molecular flexibility index (Phi) is 5.97. The fourth-order valence-electron chi connectivity index (χ4n) is 5.52. The highest BCUT2D eigenvalue weighted by atomic mass is 35.5. The lowest BCUT2D eigenvalue weighted by molar-refractivity contribution is -0.0348. The Hall–Kier alpha value is -3.49. The average Bonchev–Trinajstić information content (AvgIpc) is 2.86. The minimum Gasteiger partial charge on any atom is -0.495 e. The quantitative estimate of drug-likeness (QED) is 0.395. The molecule has 4 aromatic rings. The van der Waals surface area contributed by atoms with Crippen LogP contribution >= 0.6 is 11.6 Å². The van der Waals surface area contributed by atoms with Crippen LogP contribution in [-0.4, -0.2) is 39.0 Å². The lowest BCUT2D eigenvalue weighted by atomic mass is 9.64. The van der Waals surface area contributed by atoms with Crippen molar-refractivity contribution in [3.8, 4) is 11.4 Å². The lowest BCUT2D eigenvalue weighted by Gasteiger charge is -2.48. The van der Waals surface area contributed by atoms with Gasteiger partial charge in [0.15, 0.2) is 0 Å². The monoisotopic (exact) mass is 508 g/mol. The van der Waals surface area contributed by atoms with Gasteiger partial charge in [-0.1, -0.05) is 37.6 Å². The molecule has 0 saturated heterocycles. The van der Waals surface area contributed by atoms with E-state index in [1.807, 2.05) is 32.0 Å². The standard InChI is InChI=1S/C27H26ClFN4O3/c1-26(2)13-27(35,14-29)25(18-7-9-19(28)24(36-3)23(18)26)32-20-5-4-6-21-17(20)8-10-22(34)33(21)16-11-30-15-31-12-16/h4-12,15,25,32,35H,13-14H2,1-3H3. The summed E-state index contributed by atoms with van der Waals surface area (Å²) in [6.07, 6.45) is 4.66. The topological polar surface area (TPSA) is 89.3 Å². The Balaban J connectivity index is 1.71. The van der Waals surface area contributed by atoms with Gasteiger partial charge in [0.2, 0.25) is 0 Å². The van der Waals surface area contributed by atoms with Crippen LogP contribution in [0.1, 0.15) is 37.4 Å². The number of anilines is 1. The Morgan fingerprint density at radius 3 is 2.64 bits per heavy atom. The summed E-state index contributed by atoms with van der Waals surface area (Å²) in [5.41, 5.74) is 0.774. The van der Waals surface area contributed by atoms with E-state index in [0.717, 1.165) is 10.9 Å². The second-order valence-electron chi connectivity index (χ2n) is 9.76. The summed E-state index contributed by atoms with van der Waals surface area (Å²) in [6, 6.07) is 11.3. The number of rotatable bonds is 5. The molecule has 0 amide bonds. The Morgan fingerprint density at radius 1 is 1.19 bits per heavy atom. The number of methoxy groups -OCH3 is 1. The van der Waals surface area contributed by atoms with Crippen LogP contribution in [0.25, 0.3) is 16.6 Å². The fraction of sp³-hybridized carbons (Fsp3) is 0.296. The first-order valence-electron chi connectivity index (χ1n) is 11.5. The maximum absolute atomic E-state index is 14.6. The number of nitrogens with one attached hydrogen (secondary N) is 1. The summed E-state index contributed by atoms with van der Waals surface area (Å²) >= 11 is 6.45. The molecule has 2 aromatic carbocycles. The SMILES string of the molecule is COc1c(Cl)ccc2c1C(C)(C)CC(O)(CF)C2Nc1cccc2c1ccc(=O)n2-c1cncnc1. The number of ether oxygens (including phenoxy) is 1. The molecule has 1 aliphatic carbocycles. The smallest absolute Gasteiger partial charge is 0.255 e. The summed E-state index contributed by atoms with van der Waals surface area (Å²) in [5, 5.41) is 16.1. The van der Waals surface area contributed by atoms with Crippen LogP contribution in [0.2, 0.25) is 5.02 Å². The van der Waals surface area contributed by atoms with Crippen LogP contribution in [0.3, 0.4) is 0 Å². The molecular weight excluding hydrogens is 483 g/mol. The minimum absolute atomic E-state index is 0.148. The lowest BCUT2D eigenvalue weighted by Crippen LogP contribution is -2.51. The number of aliphatic hydroxyl groups is 1. The average molecular weight is 509 g/mol. The van der Waals surface area contributed by atoms with Crippen LogP contribution in [0.4, 0.5) is 10.1 Å². The molecule has 2 heterocycles. The number of hydrogen-bond acceptors (Lipinski definition) is 6. The van der Waals surface area contributed by atoms with Gasteiger partial charge in [-0.3, -0.25) is 9.36 Å². The number of benzene rings is 2. The molecule has 2 N–H and O–H groups in total. The molecule has 0 aliphatic heterocycles. The normalized spacial score (nSPS) is 20.7. The van der Waals surface area contributed by atoms with Crippen molar-refractivity contribution in [3.63, 3.8) is 0 Å². The molecule has 36 heavy (non-hydrogen) atoms. The van der Waals surface area contributed by atoms with Crippen molar-refractivity contribution in [2.75, 3.05) is 19.1 Å². The van der Waals surface area contributed by atoms with Crippen LogP contribution < -0.4 is 15.6 Å². The minimum atomic E-state index is -1.70. The van der Waals surface area contributed by atoms with Crippen molar-refractivity contribution >= 4 is 28.2 Å². The third-order valence-corrected chi connectivity index (χ3v) is 7.19. The van der Waals surface area contributed by atoms with Crippen LogP contribution in [-0.2, 0) is 5.41 Å². The fourth-order valence-corrected chi connectivity index (χ4v) is 5.75. The number of hydrogen-bond donors (Lipinski definition) is 2. The zero-order valence-corrected chi connectivity index (χ0v) is 20.9. The van der Waals surface area contributed by atoms with Gasteiger partial charge in [-0.15, -0.1) is 0 Å². The van der Waals surface area contributed by atoms with Crippen molar-refractivity contribution in [1.82, 2.24) is 14.5 Å². The molecule has 186 valence electrons. The Labute approximate surface area is 212 Å². The van der Waals surface area contributed by atoms with Gasteiger partial charge in [0.1, 0.15) is 24.4 Å². The van der Waals surface area contributed by atoms with Gasteiger partial charge >= 0.3 is 0 Å². The van der Waals surface area contributed by atoms with Crippen molar-refractivity contribution in [2.45, 2.75) is 37.3 Å². The highest BCUT2D eigenvalue weighted by molar-refractivity contribution is 6.32. The van der Waals surface area contributed by atoms with Crippen LogP contribution in [0.5, 0.6) is 5.75 Å². The number of fused-ring (bicyclic) bond motifs is 2. The van der Waals surface area contributed by atoms with E-state index in [2.05, 4.69) is 15.3 Å². The van der Waals surface area contributed by atoms with Gasteiger partial charge in [-0.2, -0.15) is 0 Å². The van der Waals surface area contributed by atoms with E-state index < -0.39 is 23.7 Å². The van der Waals surface area contributed by atoms with Crippen molar-refractivity contribution in [1.29, 1.82) is 0 Å². The molecule has 7 nitrogen and oxygen atoms in total. The molecule has 0 fully saturated rings. The summed E-state index contributed by atoms with van der Waals surface area (Å²) in [4.78, 5) is 20.9. The maximum Gasteiger partial charge on any atom is 0.255 e. The maximum atomic E-state index is 14.6. The highest BCUT2D eigenvalue weighted by Gasteiger charge is 2.50. The second kappa shape index (κ2) is 8.87. The summed E-state index contributed by atoms with van der Waals surface area (Å²) in [5.74, 6) is 0.516. The van der Waals surface area contributed by atoms with E-state index in [1.54, 1.807) is 37.7 Å². The Bertz CT molecular complexity index is 1510. The van der Waals surface area contributed by atoms with Gasteiger partial charge in [-0.05, 0) is 41.7 Å². The Morgan fingerprint density at radius 2 is 1.94 bits per heavy atom. The molecule has 2 aromatic heterocycles. The third kappa shape index (κ3) is 3.81. The zero-order valence-electron chi connectivity index (χ0n) is 20.1. The van der Waals surface area contributed by atoms with E-state index in [9.17, 15) is 14.3 Å².